The predicted molar refractivity (Wildman–Crippen MR) is 79.2 cm³/mol. The fourth-order valence-electron chi connectivity index (χ4n) is 1.76. The molecule has 21 heavy (non-hydrogen) atoms. The molecule has 2 aromatic rings. The number of halogens is 3. The second-order valence-electron chi connectivity index (χ2n) is 4.47. The van der Waals surface area contributed by atoms with Gasteiger partial charge in [0, 0.05) is 10.5 Å². The van der Waals surface area contributed by atoms with Crippen molar-refractivity contribution in [1.29, 1.82) is 0 Å². The Kier molecular flexibility index (Phi) is 4.75. The molecule has 0 fully saturated rings. The molecule has 0 aromatic heterocycles. The van der Waals surface area contributed by atoms with Gasteiger partial charge in [0.1, 0.15) is 0 Å². The van der Waals surface area contributed by atoms with Gasteiger partial charge in [-0.3, -0.25) is 0 Å². The van der Waals surface area contributed by atoms with E-state index in [1.54, 1.807) is 31.2 Å². The van der Waals surface area contributed by atoms with E-state index in [9.17, 15) is 17.2 Å². The number of rotatable bonds is 4. The first kappa shape index (κ1) is 16.1. The molecule has 0 saturated carbocycles. The van der Waals surface area contributed by atoms with E-state index in [0.717, 1.165) is 22.2 Å². The maximum Gasteiger partial charge on any atom is 0.241 e. The summed E-state index contributed by atoms with van der Waals surface area (Å²) < 4.78 is 53.6. The zero-order chi connectivity index (χ0) is 15.6. The van der Waals surface area contributed by atoms with Crippen molar-refractivity contribution in [3.8, 4) is 0 Å². The summed E-state index contributed by atoms with van der Waals surface area (Å²) >= 11 is 3.29. The Morgan fingerprint density at radius 3 is 2.24 bits per heavy atom. The second-order valence-corrected chi connectivity index (χ2v) is 7.10. The van der Waals surface area contributed by atoms with Crippen molar-refractivity contribution in [3.05, 3.63) is 64.1 Å². The number of benzene rings is 2. The van der Waals surface area contributed by atoms with E-state index in [2.05, 4.69) is 20.7 Å². The lowest BCUT2D eigenvalue weighted by Crippen LogP contribution is -2.27. The summed E-state index contributed by atoms with van der Waals surface area (Å²) in [5.41, 5.74) is 0.754. The highest BCUT2D eigenvalue weighted by molar-refractivity contribution is 9.10. The molecule has 0 spiro atoms. The van der Waals surface area contributed by atoms with E-state index in [1.807, 2.05) is 0 Å². The topological polar surface area (TPSA) is 46.2 Å². The van der Waals surface area contributed by atoms with Gasteiger partial charge < -0.3 is 0 Å². The summed E-state index contributed by atoms with van der Waals surface area (Å²) in [6.07, 6.45) is 0. The zero-order valence-electron chi connectivity index (χ0n) is 11.0. The van der Waals surface area contributed by atoms with Crippen LogP contribution in [0.2, 0.25) is 0 Å². The Labute approximate surface area is 130 Å². The summed E-state index contributed by atoms with van der Waals surface area (Å²) in [6.45, 7) is 1.67. The van der Waals surface area contributed by atoms with Crippen molar-refractivity contribution in [2.45, 2.75) is 17.9 Å². The number of nitrogens with one attached hydrogen (secondary N) is 1. The molecule has 0 bridgehead atoms. The molecule has 112 valence electrons. The number of hydrogen-bond acceptors (Lipinski definition) is 2. The van der Waals surface area contributed by atoms with Gasteiger partial charge in [0.05, 0.1) is 4.90 Å². The zero-order valence-corrected chi connectivity index (χ0v) is 13.4. The maximum absolute atomic E-state index is 13.1. The first-order valence-electron chi connectivity index (χ1n) is 6.02. The average molecular weight is 376 g/mol. The third kappa shape index (κ3) is 3.87. The van der Waals surface area contributed by atoms with Crippen LogP contribution in [0.1, 0.15) is 18.5 Å². The van der Waals surface area contributed by atoms with Gasteiger partial charge in [-0.15, -0.1) is 0 Å². The largest absolute Gasteiger partial charge is 0.241 e. The van der Waals surface area contributed by atoms with Gasteiger partial charge in [0.25, 0.3) is 0 Å². The quantitative estimate of drug-likeness (QED) is 0.883. The van der Waals surface area contributed by atoms with E-state index in [4.69, 9.17) is 0 Å². The van der Waals surface area contributed by atoms with Gasteiger partial charge in [-0.05, 0) is 42.8 Å². The van der Waals surface area contributed by atoms with E-state index in [1.165, 1.54) is 0 Å². The van der Waals surface area contributed by atoms with Gasteiger partial charge in [-0.1, -0.05) is 28.1 Å². The summed E-state index contributed by atoms with van der Waals surface area (Å²) in [4.78, 5) is -0.314. The highest BCUT2D eigenvalue weighted by Gasteiger charge is 2.19. The molecule has 0 unspecified atom stereocenters. The Hall–Kier alpha value is -1.31. The summed E-state index contributed by atoms with van der Waals surface area (Å²) in [5, 5.41) is 0. The van der Waals surface area contributed by atoms with E-state index < -0.39 is 27.7 Å². The van der Waals surface area contributed by atoms with Crippen LogP contribution in [-0.2, 0) is 10.0 Å². The summed E-state index contributed by atoms with van der Waals surface area (Å²) in [7, 11) is -3.93. The third-order valence-corrected chi connectivity index (χ3v) is 4.97. The predicted octanol–water partition coefficient (Wildman–Crippen LogP) is 3.77. The smallest absolute Gasteiger partial charge is 0.207 e. The lowest BCUT2D eigenvalue weighted by Gasteiger charge is -2.15. The summed E-state index contributed by atoms with van der Waals surface area (Å²) in [5.74, 6) is -2.29. The minimum atomic E-state index is -3.93. The van der Waals surface area contributed by atoms with Crippen LogP contribution in [0.3, 0.4) is 0 Å². The Balaban J connectivity index is 2.24. The second kappa shape index (κ2) is 6.21. The number of sulfonamides is 1. The minimum Gasteiger partial charge on any atom is -0.207 e. The monoisotopic (exact) mass is 375 g/mol. The molecule has 0 amide bonds. The van der Waals surface area contributed by atoms with Crippen LogP contribution in [0.15, 0.2) is 51.8 Å². The fraction of sp³-hybridized carbons (Fsp3) is 0.143. The van der Waals surface area contributed by atoms with E-state index in [0.29, 0.717) is 6.07 Å². The minimum absolute atomic E-state index is 0.314. The average Bonchev–Trinajstić information content (AvgIpc) is 2.42. The van der Waals surface area contributed by atoms with Crippen molar-refractivity contribution < 1.29 is 17.2 Å². The Morgan fingerprint density at radius 2 is 1.67 bits per heavy atom. The molecule has 7 heteroatoms. The van der Waals surface area contributed by atoms with Crippen molar-refractivity contribution in [3.63, 3.8) is 0 Å². The molecule has 2 rings (SSSR count). The van der Waals surface area contributed by atoms with Gasteiger partial charge in [0.2, 0.25) is 10.0 Å². The Bertz CT molecular complexity index is 748. The SMILES string of the molecule is C[C@@H](NS(=O)(=O)c1ccc(F)c(F)c1)c1ccc(Br)cc1. The molecule has 0 aliphatic heterocycles. The highest BCUT2D eigenvalue weighted by Crippen LogP contribution is 2.20. The molecule has 0 aliphatic rings. The molecule has 0 heterocycles. The van der Waals surface area contributed by atoms with Gasteiger partial charge in [-0.2, -0.15) is 0 Å². The van der Waals surface area contributed by atoms with Crippen LogP contribution >= 0.6 is 15.9 Å². The molecular formula is C14H12BrF2NO2S. The van der Waals surface area contributed by atoms with Gasteiger partial charge in [-0.25, -0.2) is 21.9 Å². The van der Waals surface area contributed by atoms with Crippen LogP contribution in [-0.4, -0.2) is 8.42 Å². The van der Waals surface area contributed by atoms with E-state index in [-0.39, 0.29) is 4.90 Å². The molecule has 3 nitrogen and oxygen atoms in total. The first-order valence-corrected chi connectivity index (χ1v) is 8.30. The van der Waals surface area contributed by atoms with Crippen LogP contribution in [0.4, 0.5) is 8.78 Å². The molecular weight excluding hydrogens is 364 g/mol. The number of hydrogen-bond donors (Lipinski definition) is 1. The van der Waals surface area contributed by atoms with Crippen molar-refractivity contribution in [2.24, 2.45) is 0 Å². The summed E-state index contributed by atoms with van der Waals surface area (Å²) in [6, 6.07) is 9.08. The van der Waals surface area contributed by atoms with Crippen molar-refractivity contribution >= 4 is 26.0 Å². The highest BCUT2D eigenvalue weighted by atomic mass is 79.9. The van der Waals surface area contributed by atoms with E-state index >= 15 is 0 Å². The lowest BCUT2D eigenvalue weighted by atomic mass is 10.1. The van der Waals surface area contributed by atoms with Crippen LogP contribution in [0.25, 0.3) is 0 Å². The molecule has 0 radical (unpaired) electrons. The normalized spacial score (nSPS) is 13.1. The maximum atomic E-state index is 13.1. The molecule has 1 N–H and O–H groups in total. The van der Waals surface area contributed by atoms with Crippen LogP contribution < -0.4 is 4.72 Å². The third-order valence-electron chi connectivity index (χ3n) is 2.90. The first-order chi connectivity index (χ1) is 9.79. The van der Waals surface area contributed by atoms with Gasteiger partial charge in [0.15, 0.2) is 11.6 Å². The van der Waals surface area contributed by atoms with Crippen molar-refractivity contribution in [1.82, 2.24) is 4.72 Å². The molecule has 2 aromatic carbocycles. The standard InChI is InChI=1S/C14H12BrF2NO2S/c1-9(10-2-4-11(15)5-3-10)18-21(19,20)12-6-7-13(16)14(17)8-12/h2-9,18H,1H3/t9-/m1/s1. The molecule has 1 atom stereocenters. The van der Waals surface area contributed by atoms with Crippen LogP contribution in [0, 0.1) is 11.6 Å². The van der Waals surface area contributed by atoms with Crippen LogP contribution in [0.5, 0.6) is 0 Å². The molecule has 0 aliphatic carbocycles. The fourth-order valence-corrected chi connectivity index (χ4v) is 3.27. The lowest BCUT2D eigenvalue weighted by molar-refractivity contribution is 0.503. The Morgan fingerprint density at radius 1 is 1.05 bits per heavy atom. The van der Waals surface area contributed by atoms with Gasteiger partial charge >= 0.3 is 0 Å². The van der Waals surface area contributed by atoms with Crippen molar-refractivity contribution in [2.75, 3.05) is 0 Å². The molecule has 0 saturated heterocycles.